The molecule has 0 spiro atoms. The second-order valence-corrected chi connectivity index (χ2v) is 6.80. The Balaban J connectivity index is 2.04. The lowest BCUT2D eigenvalue weighted by molar-refractivity contribution is 0.0947. The molecular weight excluding hydrogens is 336 g/mol. The van der Waals surface area contributed by atoms with Crippen LogP contribution in [0, 0.1) is 0 Å². The molecule has 0 saturated carbocycles. The summed E-state index contributed by atoms with van der Waals surface area (Å²) in [4.78, 5) is 17.1. The lowest BCUT2D eigenvalue weighted by atomic mass is 10.4. The van der Waals surface area contributed by atoms with E-state index >= 15 is 0 Å². The van der Waals surface area contributed by atoms with Crippen molar-refractivity contribution >= 4 is 44.5 Å². The molecule has 0 aliphatic heterocycles. The summed E-state index contributed by atoms with van der Waals surface area (Å²) in [6.45, 7) is 0.540. The maximum atomic E-state index is 11.7. The lowest BCUT2D eigenvalue weighted by Crippen LogP contribution is -2.25. The van der Waals surface area contributed by atoms with Crippen LogP contribution in [-0.4, -0.2) is 29.1 Å². The van der Waals surface area contributed by atoms with E-state index in [0.29, 0.717) is 18.7 Å². The Morgan fingerprint density at radius 3 is 3.00 bits per heavy atom. The number of nitrogens with one attached hydrogen (secondary N) is 1. The molecule has 0 aromatic carbocycles. The number of rotatable bonds is 5. The van der Waals surface area contributed by atoms with Crippen LogP contribution in [0.15, 0.2) is 21.3 Å². The summed E-state index contributed by atoms with van der Waals surface area (Å²) in [5, 5.41) is 13.9. The van der Waals surface area contributed by atoms with E-state index in [1.807, 2.05) is 12.1 Å². The minimum atomic E-state index is -0.193. The highest BCUT2D eigenvalue weighted by molar-refractivity contribution is 9.11. The number of thiophene rings is 1. The molecule has 18 heavy (non-hydrogen) atoms. The second kappa shape index (κ2) is 6.42. The molecule has 0 atom stereocenters. The molecule has 96 valence electrons. The van der Waals surface area contributed by atoms with Crippen molar-refractivity contribution in [1.82, 2.24) is 10.3 Å². The minimum Gasteiger partial charge on any atom is -0.396 e. The van der Waals surface area contributed by atoms with E-state index in [2.05, 4.69) is 26.2 Å². The quantitative estimate of drug-likeness (QED) is 0.818. The lowest BCUT2D eigenvalue weighted by Gasteiger charge is -2.00. The van der Waals surface area contributed by atoms with Crippen LogP contribution in [-0.2, 0) is 0 Å². The van der Waals surface area contributed by atoms with Crippen LogP contribution in [0.5, 0.6) is 0 Å². The third kappa shape index (κ3) is 3.38. The summed E-state index contributed by atoms with van der Waals surface area (Å²) in [5.74, 6) is -0.193. The van der Waals surface area contributed by atoms with Gasteiger partial charge in [0.05, 0.1) is 8.66 Å². The summed E-state index contributed by atoms with van der Waals surface area (Å²) in [6, 6.07) is 3.93. The largest absolute Gasteiger partial charge is 0.396 e. The SMILES string of the molecule is O=C(NCCCO)c1csc(-c2ccc(Br)s2)n1. The summed E-state index contributed by atoms with van der Waals surface area (Å²) in [5.41, 5.74) is 0.428. The number of hydrogen-bond acceptors (Lipinski definition) is 5. The maximum absolute atomic E-state index is 11.7. The Hall–Kier alpha value is -0.760. The molecular formula is C11H11BrN2O2S2. The van der Waals surface area contributed by atoms with Crippen LogP contribution >= 0.6 is 38.6 Å². The zero-order valence-corrected chi connectivity index (χ0v) is 12.6. The molecule has 2 aromatic heterocycles. The van der Waals surface area contributed by atoms with Crippen molar-refractivity contribution in [3.05, 3.63) is 27.0 Å². The molecule has 0 saturated heterocycles. The predicted molar refractivity (Wildman–Crippen MR) is 77.2 cm³/mol. The maximum Gasteiger partial charge on any atom is 0.270 e. The molecule has 0 aliphatic carbocycles. The summed E-state index contributed by atoms with van der Waals surface area (Å²) in [6.07, 6.45) is 0.556. The third-order valence-electron chi connectivity index (χ3n) is 2.14. The number of amides is 1. The molecule has 2 rings (SSSR count). The Morgan fingerprint density at radius 1 is 1.50 bits per heavy atom. The summed E-state index contributed by atoms with van der Waals surface area (Å²) in [7, 11) is 0. The van der Waals surface area contributed by atoms with E-state index in [1.54, 1.807) is 16.7 Å². The molecule has 7 heteroatoms. The van der Waals surface area contributed by atoms with Crippen LogP contribution in [0.25, 0.3) is 9.88 Å². The molecule has 0 aliphatic rings. The van der Waals surface area contributed by atoms with Gasteiger partial charge in [0.25, 0.3) is 5.91 Å². The van der Waals surface area contributed by atoms with Gasteiger partial charge in [-0.2, -0.15) is 0 Å². The average molecular weight is 347 g/mol. The number of aliphatic hydroxyl groups excluding tert-OH is 1. The smallest absolute Gasteiger partial charge is 0.270 e. The predicted octanol–water partition coefficient (Wildman–Crippen LogP) is 2.75. The first-order chi connectivity index (χ1) is 8.70. The monoisotopic (exact) mass is 346 g/mol. The van der Waals surface area contributed by atoms with E-state index in [4.69, 9.17) is 5.11 Å². The average Bonchev–Trinajstić information content (AvgIpc) is 2.97. The minimum absolute atomic E-state index is 0.0752. The summed E-state index contributed by atoms with van der Waals surface area (Å²) < 4.78 is 1.04. The van der Waals surface area contributed by atoms with Gasteiger partial charge in [-0.25, -0.2) is 4.98 Å². The highest BCUT2D eigenvalue weighted by Gasteiger charge is 2.12. The fraction of sp³-hybridized carbons (Fsp3) is 0.273. The number of nitrogens with zero attached hydrogens (tertiary/aromatic N) is 1. The van der Waals surface area contributed by atoms with Crippen molar-refractivity contribution < 1.29 is 9.90 Å². The Labute approximate surface area is 121 Å². The first-order valence-corrected chi connectivity index (χ1v) is 7.80. The van der Waals surface area contributed by atoms with Gasteiger partial charge in [0.1, 0.15) is 10.7 Å². The van der Waals surface area contributed by atoms with Gasteiger partial charge in [0.15, 0.2) is 0 Å². The highest BCUT2D eigenvalue weighted by atomic mass is 79.9. The van der Waals surface area contributed by atoms with Crippen molar-refractivity contribution in [2.45, 2.75) is 6.42 Å². The van der Waals surface area contributed by atoms with E-state index in [9.17, 15) is 4.79 Å². The zero-order chi connectivity index (χ0) is 13.0. The number of thiazole rings is 1. The van der Waals surface area contributed by atoms with Crippen molar-refractivity contribution in [2.75, 3.05) is 13.2 Å². The Morgan fingerprint density at radius 2 is 2.33 bits per heavy atom. The molecule has 0 bridgehead atoms. The van der Waals surface area contributed by atoms with Gasteiger partial charge in [-0.05, 0) is 34.5 Å². The van der Waals surface area contributed by atoms with Crippen molar-refractivity contribution in [3.8, 4) is 9.88 Å². The van der Waals surface area contributed by atoms with Crippen LogP contribution in [0.3, 0.4) is 0 Å². The van der Waals surface area contributed by atoms with Gasteiger partial charge >= 0.3 is 0 Å². The number of carbonyl (C=O) groups excluding carboxylic acids is 1. The number of carbonyl (C=O) groups is 1. The van der Waals surface area contributed by atoms with E-state index in [1.165, 1.54) is 11.3 Å². The number of aliphatic hydroxyl groups is 1. The Bertz CT molecular complexity index is 539. The Kier molecular flexibility index (Phi) is 4.87. The molecule has 0 fully saturated rings. The van der Waals surface area contributed by atoms with E-state index < -0.39 is 0 Å². The van der Waals surface area contributed by atoms with Crippen molar-refractivity contribution in [2.24, 2.45) is 0 Å². The van der Waals surface area contributed by atoms with Gasteiger partial charge < -0.3 is 10.4 Å². The van der Waals surface area contributed by atoms with E-state index in [-0.39, 0.29) is 12.5 Å². The molecule has 4 nitrogen and oxygen atoms in total. The fourth-order valence-electron chi connectivity index (χ4n) is 1.29. The van der Waals surface area contributed by atoms with Crippen LogP contribution in [0.4, 0.5) is 0 Å². The molecule has 0 radical (unpaired) electrons. The normalized spacial score (nSPS) is 10.6. The van der Waals surface area contributed by atoms with Gasteiger partial charge in [-0.15, -0.1) is 22.7 Å². The first-order valence-electron chi connectivity index (χ1n) is 5.31. The number of hydrogen-bond donors (Lipinski definition) is 2. The molecule has 0 unspecified atom stereocenters. The van der Waals surface area contributed by atoms with Crippen molar-refractivity contribution in [3.63, 3.8) is 0 Å². The molecule has 2 N–H and O–H groups in total. The first kappa shape index (κ1) is 13.7. The molecule has 2 aromatic rings. The van der Waals surface area contributed by atoms with Crippen LogP contribution in [0.1, 0.15) is 16.9 Å². The standard InChI is InChI=1S/C11H11BrN2O2S2/c12-9-3-2-8(18-9)11-14-7(6-17-11)10(16)13-4-1-5-15/h2-3,6,15H,1,4-5H2,(H,13,16). The topological polar surface area (TPSA) is 62.2 Å². The second-order valence-electron chi connectivity index (χ2n) is 3.47. The third-order valence-corrected chi connectivity index (χ3v) is 4.78. The fourth-order valence-corrected chi connectivity index (χ4v) is 3.55. The van der Waals surface area contributed by atoms with Gasteiger partial charge in [-0.1, -0.05) is 0 Å². The van der Waals surface area contributed by atoms with Crippen LogP contribution < -0.4 is 5.32 Å². The van der Waals surface area contributed by atoms with E-state index in [0.717, 1.165) is 13.7 Å². The van der Waals surface area contributed by atoms with Crippen molar-refractivity contribution in [1.29, 1.82) is 0 Å². The summed E-state index contributed by atoms with van der Waals surface area (Å²) >= 11 is 6.44. The highest BCUT2D eigenvalue weighted by Crippen LogP contribution is 2.33. The van der Waals surface area contributed by atoms with Crippen LogP contribution in [0.2, 0.25) is 0 Å². The van der Waals surface area contributed by atoms with Gasteiger partial charge in [0, 0.05) is 18.5 Å². The molecule has 2 heterocycles. The number of halogens is 1. The molecule has 1 amide bonds. The van der Waals surface area contributed by atoms with Gasteiger partial charge in [-0.3, -0.25) is 4.79 Å². The van der Waals surface area contributed by atoms with Gasteiger partial charge in [0.2, 0.25) is 0 Å². The zero-order valence-electron chi connectivity index (χ0n) is 9.35. The number of aromatic nitrogens is 1.